The molecular formula is C12H16ClN3O. The molecule has 4 nitrogen and oxygen atoms in total. The first-order valence-corrected chi connectivity index (χ1v) is 6.09. The first-order chi connectivity index (χ1) is 8.18. The molecule has 1 fully saturated rings. The maximum atomic E-state index is 12.1. The lowest BCUT2D eigenvalue weighted by atomic mass is 10.2. The maximum Gasteiger partial charge on any atom is 0.322 e. The van der Waals surface area contributed by atoms with Crippen molar-refractivity contribution < 1.29 is 4.79 Å². The predicted molar refractivity (Wildman–Crippen MR) is 69.5 cm³/mol. The lowest BCUT2D eigenvalue weighted by Gasteiger charge is -2.33. The van der Waals surface area contributed by atoms with Crippen molar-refractivity contribution in [2.45, 2.75) is 13.0 Å². The molecule has 1 saturated heterocycles. The molecule has 17 heavy (non-hydrogen) atoms. The van der Waals surface area contributed by atoms with Crippen LogP contribution in [0.5, 0.6) is 0 Å². The van der Waals surface area contributed by atoms with Gasteiger partial charge in [0.25, 0.3) is 0 Å². The van der Waals surface area contributed by atoms with E-state index in [1.165, 1.54) is 0 Å². The van der Waals surface area contributed by atoms with Gasteiger partial charge in [-0.3, -0.25) is 0 Å². The summed E-state index contributed by atoms with van der Waals surface area (Å²) in [5, 5.41) is 6.64. The van der Waals surface area contributed by atoms with Crippen LogP contribution in [0.25, 0.3) is 0 Å². The molecular weight excluding hydrogens is 238 g/mol. The Hall–Kier alpha value is -1.26. The van der Waals surface area contributed by atoms with Crippen molar-refractivity contribution in [3.8, 4) is 0 Å². The number of hydrogen-bond donors (Lipinski definition) is 2. The zero-order valence-electron chi connectivity index (χ0n) is 9.74. The molecule has 2 N–H and O–H groups in total. The van der Waals surface area contributed by atoms with E-state index < -0.39 is 0 Å². The minimum atomic E-state index is -0.0906. The Balaban J connectivity index is 2.03. The topological polar surface area (TPSA) is 44.4 Å². The Morgan fingerprint density at radius 1 is 1.53 bits per heavy atom. The molecule has 5 heteroatoms. The summed E-state index contributed by atoms with van der Waals surface area (Å²) in [6.45, 7) is 4.41. The van der Waals surface area contributed by atoms with Crippen LogP contribution < -0.4 is 10.6 Å². The third-order valence-electron chi connectivity index (χ3n) is 2.88. The van der Waals surface area contributed by atoms with Crippen LogP contribution in [0.1, 0.15) is 6.92 Å². The lowest BCUT2D eigenvalue weighted by Crippen LogP contribution is -2.53. The van der Waals surface area contributed by atoms with Gasteiger partial charge in [0.05, 0.1) is 10.7 Å². The molecule has 2 amide bonds. The summed E-state index contributed by atoms with van der Waals surface area (Å²) in [5.41, 5.74) is 0.657. The molecule has 1 aromatic carbocycles. The molecule has 1 aliphatic heterocycles. The summed E-state index contributed by atoms with van der Waals surface area (Å²) in [6, 6.07) is 7.36. The van der Waals surface area contributed by atoms with Crippen molar-refractivity contribution in [1.29, 1.82) is 0 Å². The highest BCUT2D eigenvalue weighted by molar-refractivity contribution is 6.33. The van der Waals surface area contributed by atoms with Crippen molar-refractivity contribution in [2.75, 3.05) is 25.0 Å². The maximum absolute atomic E-state index is 12.1. The van der Waals surface area contributed by atoms with E-state index in [0.717, 1.165) is 19.6 Å². The van der Waals surface area contributed by atoms with Gasteiger partial charge in [-0.05, 0) is 19.1 Å². The van der Waals surface area contributed by atoms with E-state index in [1.807, 2.05) is 24.0 Å². The van der Waals surface area contributed by atoms with Crippen molar-refractivity contribution in [3.05, 3.63) is 29.3 Å². The van der Waals surface area contributed by atoms with Gasteiger partial charge in [-0.15, -0.1) is 0 Å². The van der Waals surface area contributed by atoms with Gasteiger partial charge in [0.15, 0.2) is 0 Å². The van der Waals surface area contributed by atoms with Gasteiger partial charge in [0.2, 0.25) is 0 Å². The average molecular weight is 254 g/mol. The van der Waals surface area contributed by atoms with Crippen LogP contribution in [0.15, 0.2) is 24.3 Å². The monoisotopic (exact) mass is 253 g/mol. The van der Waals surface area contributed by atoms with Gasteiger partial charge in [-0.2, -0.15) is 0 Å². The lowest BCUT2D eigenvalue weighted by molar-refractivity contribution is 0.177. The van der Waals surface area contributed by atoms with Crippen molar-refractivity contribution in [3.63, 3.8) is 0 Å². The van der Waals surface area contributed by atoms with E-state index in [1.54, 1.807) is 12.1 Å². The molecule has 0 saturated carbocycles. The van der Waals surface area contributed by atoms with Crippen LogP contribution in [0, 0.1) is 0 Å². The van der Waals surface area contributed by atoms with Crippen LogP contribution in [0.3, 0.4) is 0 Å². The van der Waals surface area contributed by atoms with E-state index in [-0.39, 0.29) is 12.1 Å². The number of hydrogen-bond acceptors (Lipinski definition) is 2. The average Bonchev–Trinajstić information content (AvgIpc) is 2.32. The highest BCUT2D eigenvalue weighted by Gasteiger charge is 2.23. The second-order valence-electron chi connectivity index (χ2n) is 4.16. The fourth-order valence-electron chi connectivity index (χ4n) is 1.89. The van der Waals surface area contributed by atoms with Gasteiger partial charge in [0, 0.05) is 25.7 Å². The number of halogens is 1. The van der Waals surface area contributed by atoms with E-state index in [4.69, 9.17) is 11.6 Å². The first-order valence-electron chi connectivity index (χ1n) is 5.71. The second-order valence-corrected chi connectivity index (χ2v) is 4.56. The summed E-state index contributed by atoms with van der Waals surface area (Å²) in [6.07, 6.45) is 0. The zero-order chi connectivity index (χ0) is 12.3. The number of rotatable bonds is 1. The SMILES string of the molecule is CC1CNCCN1C(=O)Nc1ccccc1Cl. The zero-order valence-corrected chi connectivity index (χ0v) is 10.5. The molecule has 1 aliphatic rings. The van der Waals surface area contributed by atoms with Crippen LogP contribution in [0.2, 0.25) is 5.02 Å². The number of carbonyl (C=O) groups excluding carboxylic acids is 1. The van der Waals surface area contributed by atoms with E-state index in [0.29, 0.717) is 10.7 Å². The minimum Gasteiger partial charge on any atom is -0.319 e. The second kappa shape index (κ2) is 5.38. The smallest absolute Gasteiger partial charge is 0.319 e. The van der Waals surface area contributed by atoms with Gasteiger partial charge in [0.1, 0.15) is 0 Å². The molecule has 0 radical (unpaired) electrons. The Labute approximate surface area is 106 Å². The number of piperazine rings is 1. The number of nitrogens with one attached hydrogen (secondary N) is 2. The Morgan fingerprint density at radius 2 is 2.29 bits per heavy atom. The number of carbonyl (C=O) groups is 1. The number of benzene rings is 1. The predicted octanol–water partition coefficient (Wildman–Crippen LogP) is 2.17. The first kappa shape index (κ1) is 12.2. The van der Waals surface area contributed by atoms with E-state index >= 15 is 0 Å². The number of nitrogens with zero attached hydrogens (tertiary/aromatic N) is 1. The number of amides is 2. The fraction of sp³-hybridized carbons (Fsp3) is 0.417. The van der Waals surface area contributed by atoms with Gasteiger partial charge >= 0.3 is 6.03 Å². The van der Waals surface area contributed by atoms with Crippen molar-refractivity contribution >= 4 is 23.3 Å². The highest BCUT2D eigenvalue weighted by atomic mass is 35.5. The van der Waals surface area contributed by atoms with E-state index in [9.17, 15) is 4.79 Å². The Kier molecular flexibility index (Phi) is 3.86. The number of para-hydroxylation sites is 1. The summed E-state index contributed by atoms with van der Waals surface area (Å²) in [4.78, 5) is 13.9. The summed E-state index contributed by atoms with van der Waals surface area (Å²) in [5.74, 6) is 0. The Morgan fingerprint density at radius 3 is 3.00 bits per heavy atom. The van der Waals surface area contributed by atoms with Crippen LogP contribution >= 0.6 is 11.6 Å². The highest BCUT2D eigenvalue weighted by Crippen LogP contribution is 2.21. The van der Waals surface area contributed by atoms with Crippen LogP contribution in [-0.4, -0.2) is 36.6 Å². The van der Waals surface area contributed by atoms with Crippen LogP contribution in [0.4, 0.5) is 10.5 Å². The summed E-state index contributed by atoms with van der Waals surface area (Å²) < 4.78 is 0. The molecule has 0 aromatic heterocycles. The quantitative estimate of drug-likeness (QED) is 0.806. The number of anilines is 1. The summed E-state index contributed by atoms with van der Waals surface area (Å²) >= 11 is 6.00. The third kappa shape index (κ3) is 2.90. The molecule has 1 atom stereocenters. The fourth-order valence-corrected chi connectivity index (χ4v) is 2.08. The molecule has 2 rings (SSSR count). The molecule has 1 aromatic rings. The van der Waals surface area contributed by atoms with Crippen molar-refractivity contribution in [2.24, 2.45) is 0 Å². The molecule has 0 aliphatic carbocycles. The van der Waals surface area contributed by atoms with Gasteiger partial charge in [-0.25, -0.2) is 4.79 Å². The third-order valence-corrected chi connectivity index (χ3v) is 3.21. The number of urea groups is 1. The van der Waals surface area contributed by atoms with Gasteiger partial charge < -0.3 is 15.5 Å². The van der Waals surface area contributed by atoms with Crippen LogP contribution in [-0.2, 0) is 0 Å². The Bertz CT molecular complexity index is 410. The van der Waals surface area contributed by atoms with Gasteiger partial charge in [-0.1, -0.05) is 23.7 Å². The minimum absolute atomic E-state index is 0.0906. The molecule has 0 bridgehead atoms. The summed E-state index contributed by atoms with van der Waals surface area (Å²) in [7, 11) is 0. The molecule has 1 unspecified atom stereocenters. The van der Waals surface area contributed by atoms with Crippen molar-refractivity contribution in [1.82, 2.24) is 10.2 Å². The van der Waals surface area contributed by atoms with E-state index in [2.05, 4.69) is 10.6 Å². The standard InChI is InChI=1S/C12H16ClN3O/c1-9-8-14-6-7-16(9)12(17)15-11-5-3-2-4-10(11)13/h2-5,9,14H,6-8H2,1H3,(H,15,17). The molecule has 1 heterocycles. The largest absolute Gasteiger partial charge is 0.322 e. The normalized spacial score (nSPS) is 20.1. The molecule has 0 spiro atoms. The molecule has 92 valence electrons.